The lowest BCUT2D eigenvalue weighted by Crippen LogP contribution is -2.45. The minimum Gasteiger partial charge on any atom is -0.355 e. The number of nitrogens with zero attached hydrogens (tertiary/aromatic N) is 4. The molecule has 0 atom stereocenters. The molecule has 0 spiro atoms. The highest BCUT2D eigenvalue weighted by Gasteiger charge is 2.17. The first-order valence-corrected chi connectivity index (χ1v) is 7.06. The second-order valence-corrected chi connectivity index (χ2v) is 5.72. The third-order valence-electron chi connectivity index (χ3n) is 3.91. The maximum Gasteiger partial charge on any atom is 0.138 e. The number of fused-ring (bicyclic) bond motifs is 1. The summed E-state index contributed by atoms with van der Waals surface area (Å²) in [7, 11) is 2.19. The normalized spacial score (nSPS) is 17.6. The Kier molecular flexibility index (Phi) is 3.19. The molecule has 1 saturated heterocycles. The van der Waals surface area contributed by atoms with Crippen LogP contribution in [0.5, 0.6) is 0 Å². The van der Waals surface area contributed by atoms with Crippen LogP contribution in [0.4, 0.5) is 5.82 Å². The van der Waals surface area contributed by atoms with Gasteiger partial charge in [0, 0.05) is 32.4 Å². The number of pyridine rings is 1. The molecule has 1 aliphatic heterocycles. The van der Waals surface area contributed by atoms with Crippen LogP contribution in [0.25, 0.3) is 5.65 Å². The first-order chi connectivity index (χ1) is 9.15. The van der Waals surface area contributed by atoms with Gasteiger partial charge in [-0.25, -0.2) is 4.98 Å². The van der Waals surface area contributed by atoms with Crippen LogP contribution in [0, 0.1) is 0 Å². The molecule has 0 saturated carbocycles. The largest absolute Gasteiger partial charge is 0.355 e. The summed E-state index contributed by atoms with van der Waals surface area (Å²) in [5.74, 6) is 1.74. The molecule has 2 aromatic rings. The molecular formula is C15H22N4. The van der Waals surface area contributed by atoms with Gasteiger partial charge in [0.25, 0.3) is 0 Å². The van der Waals surface area contributed by atoms with Gasteiger partial charge < -0.3 is 9.80 Å². The van der Waals surface area contributed by atoms with Crippen molar-refractivity contribution in [2.45, 2.75) is 19.8 Å². The van der Waals surface area contributed by atoms with Crippen LogP contribution in [0.3, 0.4) is 0 Å². The number of piperazine rings is 1. The fraction of sp³-hybridized carbons (Fsp3) is 0.533. The molecule has 0 N–H and O–H groups in total. The van der Waals surface area contributed by atoms with Gasteiger partial charge in [-0.2, -0.15) is 0 Å². The molecule has 19 heavy (non-hydrogen) atoms. The van der Waals surface area contributed by atoms with Crippen molar-refractivity contribution in [3.05, 3.63) is 30.1 Å². The molecule has 4 heteroatoms. The molecule has 0 radical (unpaired) electrons. The van der Waals surface area contributed by atoms with E-state index in [0.29, 0.717) is 5.92 Å². The summed E-state index contributed by atoms with van der Waals surface area (Å²) < 4.78 is 2.24. The number of anilines is 1. The number of aromatic nitrogens is 2. The molecule has 2 aromatic heterocycles. The fourth-order valence-electron chi connectivity index (χ4n) is 2.59. The highest BCUT2D eigenvalue weighted by molar-refractivity contribution is 5.53. The van der Waals surface area contributed by atoms with E-state index in [1.54, 1.807) is 0 Å². The van der Waals surface area contributed by atoms with Crippen molar-refractivity contribution < 1.29 is 0 Å². The number of hydrogen-bond donors (Lipinski definition) is 0. The maximum atomic E-state index is 4.71. The summed E-state index contributed by atoms with van der Waals surface area (Å²) in [6, 6.07) is 6.40. The van der Waals surface area contributed by atoms with Gasteiger partial charge in [0.1, 0.15) is 11.5 Å². The second kappa shape index (κ2) is 4.85. The predicted molar refractivity (Wildman–Crippen MR) is 79.0 cm³/mol. The van der Waals surface area contributed by atoms with Crippen molar-refractivity contribution in [3.8, 4) is 0 Å². The Hall–Kier alpha value is -1.55. The van der Waals surface area contributed by atoms with Crippen LogP contribution in [-0.2, 0) is 0 Å². The average Bonchev–Trinajstić information content (AvgIpc) is 2.83. The van der Waals surface area contributed by atoms with E-state index in [-0.39, 0.29) is 0 Å². The molecule has 4 nitrogen and oxygen atoms in total. The van der Waals surface area contributed by atoms with E-state index in [0.717, 1.165) is 31.8 Å². The Morgan fingerprint density at radius 3 is 2.53 bits per heavy atom. The molecule has 1 fully saturated rings. The number of likely N-dealkylation sites (N-methyl/N-ethyl adjacent to an activating group) is 1. The summed E-state index contributed by atoms with van der Waals surface area (Å²) in [6.45, 7) is 8.81. The number of hydrogen-bond acceptors (Lipinski definition) is 3. The van der Waals surface area contributed by atoms with Crippen molar-refractivity contribution >= 4 is 11.5 Å². The van der Waals surface area contributed by atoms with Gasteiger partial charge in [-0.3, -0.25) is 4.40 Å². The van der Waals surface area contributed by atoms with E-state index >= 15 is 0 Å². The Bertz CT molecular complexity index is 565. The summed E-state index contributed by atoms with van der Waals surface area (Å²) >= 11 is 0. The standard InChI is InChI=1S/C15H22N4/c1-12(2)13-11-19-14(16-13)5-4-6-15(19)18-9-7-17(3)8-10-18/h4-6,11-12H,7-10H2,1-3H3. The lowest BCUT2D eigenvalue weighted by atomic mass is 10.2. The molecule has 0 aliphatic carbocycles. The molecule has 102 valence electrons. The van der Waals surface area contributed by atoms with Gasteiger partial charge in [-0.05, 0) is 25.1 Å². The lowest BCUT2D eigenvalue weighted by molar-refractivity contribution is 0.312. The van der Waals surface area contributed by atoms with Gasteiger partial charge in [-0.15, -0.1) is 0 Å². The summed E-state index contributed by atoms with van der Waals surface area (Å²) in [5.41, 5.74) is 2.22. The first kappa shape index (κ1) is 12.5. The van der Waals surface area contributed by atoms with Crippen molar-refractivity contribution in [2.24, 2.45) is 0 Å². The topological polar surface area (TPSA) is 23.8 Å². The Balaban J connectivity index is 1.98. The van der Waals surface area contributed by atoms with Crippen LogP contribution < -0.4 is 4.90 Å². The Morgan fingerprint density at radius 2 is 1.84 bits per heavy atom. The molecule has 0 unspecified atom stereocenters. The number of imidazole rings is 1. The van der Waals surface area contributed by atoms with E-state index in [1.807, 2.05) is 0 Å². The van der Waals surface area contributed by atoms with E-state index < -0.39 is 0 Å². The smallest absolute Gasteiger partial charge is 0.138 e. The van der Waals surface area contributed by atoms with Crippen LogP contribution in [0.1, 0.15) is 25.5 Å². The molecule has 0 amide bonds. The second-order valence-electron chi connectivity index (χ2n) is 5.72. The predicted octanol–water partition coefficient (Wildman–Crippen LogP) is 2.21. The zero-order valence-electron chi connectivity index (χ0n) is 12.0. The minimum atomic E-state index is 0.472. The van der Waals surface area contributed by atoms with Gasteiger partial charge in [0.05, 0.1) is 5.69 Å². The van der Waals surface area contributed by atoms with Crippen molar-refractivity contribution in [1.29, 1.82) is 0 Å². The van der Waals surface area contributed by atoms with Gasteiger partial charge in [0.2, 0.25) is 0 Å². The van der Waals surface area contributed by atoms with Crippen LogP contribution >= 0.6 is 0 Å². The Labute approximate surface area is 114 Å². The zero-order chi connectivity index (χ0) is 13.4. The van der Waals surface area contributed by atoms with Gasteiger partial charge in [0.15, 0.2) is 0 Å². The number of rotatable bonds is 2. The van der Waals surface area contributed by atoms with Gasteiger partial charge >= 0.3 is 0 Å². The van der Waals surface area contributed by atoms with E-state index in [2.05, 4.69) is 59.5 Å². The summed E-state index contributed by atoms with van der Waals surface area (Å²) in [4.78, 5) is 9.54. The fourth-order valence-corrected chi connectivity index (χ4v) is 2.59. The average molecular weight is 258 g/mol. The van der Waals surface area contributed by atoms with Gasteiger partial charge in [-0.1, -0.05) is 19.9 Å². The minimum absolute atomic E-state index is 0.472. The molecule has 0 bridgehead atoms. The molecular weight excluding hydrogens is 236 g/mol. The monoisotopic (exact) mass is 258 g/mol. The van der Waals surface area contributed by atoms with E-state index in [1.165, 1.54) is 11.5 Å². The highest BCUT2D eigenvalue weighted by Crippen LogP contribution is 2.21. The van der Waals surface area contributed by atoms with Crippen LogP contribution in [0.15, 0.2) is 24.4 Å². The highest BCUT2D eigenvalue weighted by atomic mass is 15.3. The SMILES string of the molecule is CC(C)c1cn2c(N3CCN(C)CC3)cccc2n1. The quantitative estimate of drug-likeness (QED) is 0.825. The van der Waals surface area contributed by atoms with Crippen molar-refractivity contribution in [1.82, 2.24) is 14.3 Å². The third kappa shape index (κ3) is 2.32. The third-order valence-corrected chi connectivity index (χ3v) is 3.91. The van der Waals surface area contributed by atoms with Crippen molar-refractivity contribution in [2.75, 3.05) is 38.1 Å². The van der Waals surface area contributed by atoms with Crippen LogP contribution in [0.2, 0.25) is 0 Å². The van der Waals surface area contributed by atoms with Crippen LogP contribution in [-0.4, -0.2) is 47.5 Å². The molecule has 3 rings (SSSR count). The maximum absolute atomic E-state index is 4.71. The summed E-state index contributed by atoms with van der Waals surface area (Å²) in [5, 5.41) is 0. The Morgan fingerprint density at radius 1 is 1.11 bits per heavy atom. The zero-order valence-corrected chi connectivity index (χ0v) is 12.0. The first-order valence-electron chi connectivity index (χ1n) is 7.06. The van der Waals surface area contributed by atoms with Crippen molar-refractivity contribution in [3.63, 3.8) is 0 Å². The molecule has 3 heterocycles. The molecule has 0 aromatic carbocycles. The molecule has 1 aliphatic rings. The van der Waals surface area contributed by atoms with E-state index in [4.69, 9.17) is 4.98 Å². The summed E-state index contributed by atoms with van der Waals surface area (Å²) in [6.07, 6.45) is 2.19. The van der Waals surface area contributed by atoms with E-state index in [9.17, 15) is 0 Å². The lowest BCUT2D eigenvalue weighted by Gasteiger charge is -2.34.